The number of rotatable bonds is 3. The van der Waals surface area contributed by atoms with Crippen LogP contribution < -0.4 is 40.4 Å². The quantitative estimate of drug-likeness (QED) is 0.250. The summed E-state index contributed by atoms with van der Waals surface area (Å²) in [5.41, 5.74) is 7.76. The Hall–Kier alpha value is -0.140. The molecule has 148 valence electrons. The Labute approximate surface area is 201 Å². The zero-order valence-electron chi connectivity index (χ0n) is 16.5. The van der Waals surface area contributed by atoms with Gasteiger partial charge in [-0.2, -0.15) is 0 Å². The first-order valence-corrected chi connectivity index (χ1v) is 8.50. The van der Waals surface area contributed by atoms with Crippen molar-refractivity contribution in [1.29, 1.82) is 0 Å². The number of carbonyl (C=O) groups excluding carboxylic acids is 1. The van der Waals surface area contributed by atoms with E-state index >= 15 is 0 Å². The van der Waals surface area contributed by atoms with Crippen LogP contribution in [0.2, 0.25) is 0 Å². The van der Waals surface area contributed by atoms with Crippen molar-refractivity contribution in [3.05, 3.63) is 71.8 Å². The molecule has 0 bridgehead atoms. The summed E-state index contributed by atoms with van der Waals surface area (Å²) in [7, 11) is 0. The number of carbonyl (C=O) groups is 1. The van der Waals surface area contributed by atoms with Gasteiger partial charge in [-0.1, -0.05) is 66.2 Å². The summed E-state index contributed by atoms with van der Waals surface area (Å²) >= 11 is 10.5. The fourth-order valence-electron chi connectivity index (χ4n) is 1.40. The number of benzene rings is 2. The number of halogens is 3. The molecule has 0 amide bonds. The molecule has 0 radical (unpaired) electrons. The third-order valence-corrected chi connectivity index (χ3v) is 2.82. The molecule has 2 aromatic rings. The molecular weight excluding hydrogens is 418 g/mol. The summed E-state index contributed by atoms with van der Waals surface area (Å²) in [5, 5.41) is -0.407. The molecule has 0 saturated carbocycles. The van der Waals surface area contributed by atoms with Gasteiger partial charge in [-0.3, -0.25) is 10.2 Å². The number of hydrogen-bond donors (Lipinski definition) is 2. The minimum atomic E-state index is -0.407. The fraction of sp³-hybridized carbons (Fsp3) is 0.316. The van der Waals surface area contributed by atoms with Crippen LogP contribution in [0.4, 0.5) is 0 Å². The summed E-state index contributed by atoms with van der Waals surface area (Å²) in [6.45, 7) is 8.27. The molecule has 3 N–H and O–H groups in total. The van der Waals surface area contributed by atoms with Crippen molar-refractivity contribution in [3.8, 4) is 0 Å². The summed E-state index contributed by atoms with van der Waals surface area (Å²) < 4.78 is 0. The molecular formula is C19H28Cl3N2NaO2. The topological polar surface area (TPSA) is 71.1 Å². The molecule has 0 aromatic heterocycles. The molecule has 0 aliphatic rings. The molecule has 8 heteroatoms. The monoisotopic (exact) mass is 444 g/mol. The van der Waals surface area contributed by atoms with Crippen LogP contribution in [0.15, 0.2) is 60.7 Å². The predicted octanol–water partition coefficient (Wildman–Crippen LogP) is 2.39. The van der Waals surface area contributed by atoms with Gasteiger partial charge in [0.2, 0.25) is 0 Å². The summed E-state index contributed by atoms with van der Waals surface area (Å²) in [6, 6.07) is 19.4. The molecule has 27 heavy (non-hydrogen) atoms. The van der Waals surface area contributed by atoms with E-state index in [4.69, 9.17) is 23.2 Å². The second kappa shape index (κ2) is 20.6. The molecule has 0 aliphatic carbocycles. The third-order valence-electron chi connectivity index (χ3n) is 2.47. The van der Waals surface area contributed by atoms with Gasteiger partial charge in [-0.05, 0) is 39.3 Å². The van der Waals surface area contributed by atoms with Crippen molar-refractivity contribution in [3.63, 3.8) is 0 Å². The first-order valence-electron chi connectivity index (χ1n) is 7.59. The van der Waals surface area contributed by atoms with Crippen molar-refractivity contribution in [1.82, 2.24) is 10.9 Å². The Kier molecular flexibility index (Phi) is 26.2. The standard InChI is InChI=1S/C7H5ClO.C7H8.C5H13ClN2.ClH.Na.H2O/c8-7(9)6-4-2-1-3-5-6;1-7-5-3-2-4-6-7;1-5(2,3)8-7-4-6;;;/h1-5H;2-6H,1H3;7-8H,4H2,1-3H3;1H;;1H2/q;;;;+1;/p-1. The maximum atomic E-state index is 10.4. The molecule has 0 fully saturated rings. The average molecular weight is 446 g/mol. The van der Waals surface area contributed by atoms with Crippen LogP contribution in [0.3, 0.4) is 0 Å². The first kappa shape index (κ1) is 34.4. The summed E-state index contributed by atoms with van der Waals surface area (Å²) in [5.74, 6) is 0. The van der Waals surface area contributed by atoms with E-state index < -0.39 is 5.24 Å². The van der Waals surface area contributed by atoms with E-state index in [0.717, 1.165) is 0 Å². The van der Waals surface area contributed by atoms with E-state index in [1.807, 2.05) is 24.3 Å². The van der Waals surface area contributed by atoms with Gasteiger partial charge >= 0.3 is 29.6 Å². The zero-order valence-corrected chi connectivity index (χ0v) is 20.8. The van der Waals surface area contributed by atoms with E-state index in [0.29, 0.717) is 11.6 Å². The third kappa shape index (κ3) is 23.8. The Morgan fingerprint density at radius 3 is 1.56 bits per heavy atom. The van der Waals surface area contributed by atoms with E-state index in [1.54, 1.807) is 24.3 Å². The number of nitrogens with one attached hydrogen (secondary N) is 2. The second-order valence-corrected chi connectivity index (χ2v) is 6.59. The fourth-order valence-corrected chi connectivity index (χ4v) is 1.59. The van der Waals surface area contributed by atoms with Crippen LogP contribution in [0, 0.1) is 6.92 Å². The van der Waals surface area contributed by atoms with E-state index in [-0.39, 0.29) is 53.0 Å². The van der Waals surface area contributed by atoms with Gasteiger partial charge in [0.1, 0.15) is 0 Å². The van der Waals surface area contributed by atoms with Crippen LogP contribution in [-0.4, -0.2) is 22.3 Å². The molecule has 4 nitrogen and oxygen atoms in total. The normalized spacial score (nSPS) is 8.81. The van der Waals surface area contributed by atoms with E-state index in [2.05, 4.69) is 50.7 Å². The van der Waals surface area contributed by atoms with E-state index in [1.165, 1.54) is 5.56 Å². The molecule has 0 aliphatic heterocycles. The maximum absolute atomic E-state index is 10.4. The van der Waals surface area contributed by atoms with Gasteiger partial charge in [-0.15, -0.1) is 24.0 Å². The van der Waals surface area contributed by atoms with Crippen LogP contribution >= 0.6 is 35.6 Å². The molecule has 2 rings (SSSR count). The molecule has 0 unspecified atom stereocenters. The number of alkyl halides is 1. The summed E-state index contributed by atoms with van der Waals surface area (Å²) in [4.78, 5) is 10.4. The summed E-state index contributed by atoms with van der Waals surface area (Å²) in [6.07, 6.45) is 0. The van der Waals surface area contributed by atoms with Gasteiger partial charge in [-0.25, -0.2) is 5.43 Å². The van der Waals surface area contributed by atoms with Crippen molar-refractivity contribution >= 4 is 40.9 Å². The molecule has 0 saturated heterocycles. The van der Waals surface area contributed by atoms with Crippen molar-refractivity contribution in [2.75, 3.05) is 6.00 Å². The Morgan fingerprint density at radius 2 is 1.37 bits per heavy atom. The van der Waals surface area contributed by atoms with Crippen LogP contribution in [-0.2, 0) is 0 Å². The average Bonchev–Trinajstić information content (AvgIpc) is 2.55. The van der Waals surface area contributed by atoms with Gasteiger partial charge in [0, 0.05) is 11.1 Å². The first-order chi connectivity index (χ1) is 11.3. The van der Waals surface area contributed by atoms with Gasteiger partial charge in [0.15, 0.2) is 0 Å². The second-order valence-electron chi connectivity index (χ2n) is 5.98. The number of hydrogen-bond acceptors (Lipinski definition) is 4. The van der Waals surface area contributed by atoms with Crippen molar-refractivity contribution in [2.24, 2.45) is 0 Å². The Bertz CT molecular complexity index is 568. The molecule has 2 aromatic carbocycles. The predicted molar refractivity (Wildman–Crippen MR) is 114 cm³/mol. The smallest absolute Gasteiger partial charge is 0.870 e. The largest absolute Gasteiger partial charge is 1.00 e. The Balaban J connectivity index is -0.000000140. The molecule has 0 spiro atoms. The van der Waals surface area contributed by atoms with Gasteiger partial charge in [0.05, 0.1) is 6.00 Å². The maximum Gasteiger partial charge on any atom is 1.00 e. The van der Waals surface area contributed by atoms with Gasteiger partial charge in [0.25, 0.3) is 5.24 Å². The Morgan fingerprint density at radius 1 is 0.963 bits per heavy atom. The van der Waals surface area contributed by atoms with Crippen LogP contribution in [0.25, 0.3) is 0 Å². The van der Waals surface area contributed by atoms with E-state index in [9.17, 15) is 4.79 Å². The molecule has 0 atom stereocenters. The van der Waals surface area contributed by atoms with Crippen molar-refractivity contribution < 1.29 is 39.8 Å². The zero-order chi connectivity index (χ0) is 18.4. The van der Waals surface area contributed by atoms with Gasteiger partial charge < -0.3 is 5.48 Å². The molecule has 0 heterocycles. The van der Waals surface area contributed by atoms with Crippen molar-refractivity contribution in [2.45, 2.75) is 33.2 Å². The minimum absolute atomic E-state index is 0. The minimum Gasteiger partial charge on any atom is -0.870 e. The number of aryl methyl sites for hydroxylation is 1. The SMILES string of the molecule is CC(C)(C)NNCCl.Cc1ccccc1.Cl.O=C(Cl)c1ccccc1.[Na+].[OH-]. The van der Waals surface area contributed by atoms with Crippen LogP contribution in [0.1, 0.15) is 36.7 Å². The van der Waals surface area contributed by atoms with Crippen LogP contribution in [0.5, 0.6) is 0 Å². The number of hydrazine groups is 1.